The van der Waals surface area contributed by atoms with Crippen LogP contribution in [-0.4, -0.2) is 64.6 Å². The molecule has 0 saturated heterocycles. The number of ether oxygens (including phenoxy) is 2. The van der Waals surface area contributed by atoms with Crippen LogP contribution in [0.2, 0.25) is 0 Å². The van der Waals surface area contributed by atoms with Gasteiger partial charge in [-0.25, -0.2) is 0 Å². The molecule has 116 valence electrons. The molecule has 0 aromatic heterocycles. The van der Waals surface area contributed by atoms with Gasteiger partial charge in [-0.1, -0.05) is 13.8 Å². The van der Waals surface area contributed by atoms with Crippen LogP contribution in [0.15, 0.2) is 0 Å². The van der Waals surface area contributed by atoms with Crippen molar-refractivity contribution < 1.29 is 9.47 Å². The molecule has 0 amide bonds. The average molecular weight is 274 g/mol. The normalized spacial score (nSPS) is 11.7. The molecule has 0 atom stereocenters. The number of hydrogen-bond acceptors (Lipinski definition) is 4. The minimum Gasteiger partial charge on any atom is -0.383 e. The Morgan fingerprint density at radius 1 is 1.05 bits per heavy atom. The predicted octanol–water partition coefficient (Wildman–Crippen LogP) is 2.00. The molecule has 0 saturated carbocycles. The summed E-state index contributed by atoms with van der Waals surface area (Å²) in [5.74, 6) is 0.711. The number of nitrogens with one attached hydrogen (secondary N) is 1. The maximum Gasteiger partial charge on any atom is 0.0589 e. The Bertz CT molecular complexity index is 178. The van der Waals surface area contributed by atoms with Crippen molar-refractivity contribution in [1.29, 1.82) is 0 Å². The van der Waals surface area contributed by atoms with Crippen molar-refractivity contribution in [1.82, 2.24) is 10.2 Å². The molecule has 0 radical (unpaired) electrons. The SMILES string of the molecule is CCOCCCCNCCN(CCOC)CC(C)C. The van der Waals surface area contributed by atoms with Crippen LogP contribution in [0.4, 0.5) is 0 Å². The van der Waals surface area contributed by atoms with Crippen molar-refractivity contribution in [2.75, 3.05) is 59.7 Å². The molecule has 0 unspecified atom stereocenters. The first kappa shape index (κ1) is 18.8. The fourth-order valence-corrected chi connectivity index (χ4v) is 1.99. The molecule has 0 spiro atoms. The molecule has 1 N–H and O–H groups in total. The Balaban J connectivity index is 3.46. The Kier molecular flexibility index (Phi) is 14.1. The van der Waals surface area contributed by atoms with E-state index in [0.717, 1.165) is 59.0 Å². The highest BCUT2D eigenvalue weighted by molar-refractivity contribution is 4.62. The number of nitrogens with zero attached hydrogens (tertiary/aromatic N) is 1. The zero-order valence-corrected chi connectivity index (χ0v) is 13.4. The highest BCUT2D eigenvalue weighted by Gasteiger charge is 2.06. The lowest BCUT2D eigenvalue weighted by molar-refractivity contribution is 0.139. The van der Waals surface area contributed by atoms with E-state index >= 15 is 0 Å². The smallest absolute Gasteiger partial charge is 0.0589 e. The second-order valence-corrected chi connectivity index (χ2v) is 5.34. The molecule has 19 heavy (non-hydrogen) atoms. The van der Waals surface area contributed by atoms with E-state index in [2.05, 4.69) is 24.1 Å². The summed E-state index contributed by atoms with van der Waals surface area (Å²) in [6.45, 7) is 14.5. The Morgan fingerprint density at radius 3 is 2.47 bits per heavy atom. The van der Waals surface area contributed by atoms with Crippen LogP contribution in [0, 0.1) is 5.92 Å². The van der Waals surface area contributed by atoms with Crippen LogP contribution >= 0.6 is 0 Å². The minimum atomic E-state index is 0.711. The van der Waals surface area contributed by atoms with Crippen LogP contribution in [-0.2, 0) is 9.47 Å². The molecule has 0 heterocycles. The summed E-state index contributed by atoms with van der Waals surface area (Å²) < 4.78 is 10.5. The molecule has 4 nitrogen and oxygen atoms in total. The summed E-state index contributed by atoms with van der Waals surface area (Å²) in [6.07, 6.45) is 2.35. The molecule has 0 rings (SSSR count). The number of hydrogen-bond donors (Lipinski definition) is 1. The molecular formula is C15H34N2O2. The Labute approximate surface area is 119 Å². The zero-order valence-electron chi connectivity index (χ0n) is 13.4. The molecule has 0 fully saturated rings. The Hall–Kier alpha value is -0.160. The monoisotopic (exact) mass is 274 g/mol. The first-order chi connectivity index (χ1) is 9.20. The number of methoxy groups -OCH3 is 1. The lowest BCUT2D eigenvalue weighted by Crippen LogP contribution is -2.37. The summed E-state index contributed by atoms with van der Waals surface area (Å²) in [6, 6.07) is 0. The third-order valence-corrected chi connectivity index (χ3v) is 2.94. The number of unbranched alkanes of at least 4 members (excludes halogenated alkanes) is 1. The fourth-order valence-electron chi connectivity index (χ4n) is 1.99. The molecular weight excluding hydrogens is 240 g/mol. The summed E-state index contributed by atoms with van der Waals surface area (Å²) in [5.41, 5.74) is 0. The molecule has 0 aromatic carbocycles. The molecule has 0 bridgehead atoms. The van der Waals surface area contributed by atoms with Gasteiger partial charge in [0.2, 0.25) is 0 Å². The van der Waals surface area contributed by atoms with Crippen molar-refractivity contribution in [2.24, 2.45) is 5.92 Å². The van der Waals surface area contributed by atoms with Gasteiger partial charge in [0, 0.05) is 46.5 Å². The fraction of sp³-hybridized carbons (Fsp3) is 1.00. The summed E-state index contributed by atoms with van der Waals surface area (Å²) in [7, 11) is 1.77. The van der Waals surface area contributed by atoms with E-state index < -0.39 is 0 Å². The van der Waals surface area contributed by atoms with E-state index in [1.165, 1.54) is 6.42 Å². The van der Waals surface area contributed by atoms with Gasteiger partial charge in [-0.3, -0.25) is 4.90 Å². The highest BCUT2D eigenvalue weighted by Crippen LogP contribution is 1.98. The third-order valence-electron chi connectivity index (χ3n) is 2.94. The molecule has 0 aliphatic carbocycles. The minimum absolute atomic E-state index is 0.711. The Morgan fingerprint density at radius 2 is 1.84 bits per heavy atom. The summed E-state index contributed by atoms with van der Waals surface area (Å²) in [4.78, 5) is 2.47. The average Bonchev–Trinajstić information content (AvgIpc) is 2.38. The van der Waals surface area contributed by atoms with E-state index in [4.69, 9.17) is 9.47 Å². The zero-order chi connectivity index (χ0) is 14.3. The van der Waals surface area contributed by atoms with Gasteiger partial charge in [-0.15, -0.1) is 0 Å². The van der Waals surface area contributed by atoms with Crippen LogP contribution in [0.5, 0.6) is 0 Å². The standard InChI is InChI=1S/C15H34N2O2/c1-5-19-12-7-6-8-16-9-10-17(11-13-18-4)14-15(2)3/h15-16H,5-14H2,1-4H3. The maximum atomic E-state index is 5.32. The van der Waals surface area contributed by atoms with Crippen molar-refractivity contribution in [3.63, 3.8) is 0 Å². The first-order valence-electron chi connectivity index (χ1n) is 7.70. The van der Waals surface area contributed by atoms with Gasteiger partial charge in [0.15, 0.2) is 0 Å². The molecule has 0 aliphatic rings. The van der Waals surface area contributed by atoms with Crippen LogP contribution < -0.4 is 5.32 Å². The van der Waals surface area contributed by atoms with Crippen LogP contribution in [0.3, 0.4) is 0 Å². The summed E-state index contributed by atoms with van der Waals surface area (Å²) >= 11 is 0. The van der Waals surface area contributed by atoms with Crippen molar-refractivity contribution in [2.45, 2.75) is 33.6 Å². The predicted molar refractivity (Wildman–Crippen MR) is 81.8 cm³/mol. The lowest BCUT2D eigenvalue weighted by atomic mass is 10.2. The topological polar surface area (TPSA) is 33.7 Å². The largest absolute Gasteiger partial charge is 0.383 e. The van der Waals surface area contributed by atoms with Gasteiger partial charge in [0.1, 0.15) is 0 Å². The lowest BCUT2D eigenvalue weighted by Gasteiger charge is -2.24. The van der Waals surface area contributed by atoms with Gasteiger partial charge in [-0.05, 0) is 32.2 Å². The second kappa shape index (κ2) is 14.3. The van der Waals surface area contributed by atoms with Gasteiger partial charge < -0.3 is 14.8 Å². The number of rotatable bonds is 14. The second-order valence-electron chi connectivity index (χ2n) is 5.34. The molecule has 4 heteroatoms. The van der Waals surface area contributed by atoms with Gasteiger partial charge >= 0.3 is 0 Å². The van der Waals surface area contributed by atoms with Crippen molar-refractivity contribution >= 4 is 0 Å². The third kappa shape index (κ3) is 14.1. The van der Waals surface area contributed by atoms with E-state index in [1.54, 1.807) is 7.11 Å². The van der Waals surface area contributed by atoms with Gasteiger partial charge in [0.25, 0.3) is 0 Å². The van der Waals surface area contributed by atoms with E-state index in [-0.39, 0.29) is 0 Å². The quantitative estimate of drug-likeness (QED) is 0.491. The van der Waals surface area contributed by atoms with E-state index in [1.807, 2.05) is 6.92 Å². The first-order valence-corrected chi connectivity index (χ1v) is 7.70. The van der Waals surface area contributed by atoms with Crippen LogP contribution in [0.25, 0.3) is 0 Å². The van der Waals surface area contributed by atoms with Crippen LogP contribution in [0.1, 0.15) is 33.6 Å². The maximum absolute atomic E-state index is 5.32. The summed E-state index contributed by atoms with van der Waals surface area (Å²) in [5, 5.41) is 3.50. The van der Waals surface area contributed by atoms with E-state index in [9.17, 15) is 0 Å². The molecule has 0 aliphatic heterocycles. The van der Waals surface area contributed by atoms with Gasteiger partial charge in [-0.2, -0.15) is 0 Å². The van der Waals surface area contributed by atoms with Gasteiger partial charge in [0.05, 0.1) is 6.61 Å². The van der Waals surface area contributed by atoms with Crippen molar-refractivity contribution in [3.05, 3.63) is 0 Å². The van der Waals surface area contributed by atoms with Crippen molar-refractivity contribution in [3.8, 4) is 0 Å². The highest BCUT2D eigenvalue weighted by atomic mass is 16.5. The molecule has 0 aromatic rings. The van der Waals surface area contributed by atoms with E-state index in [0.29, 0.717) is 5.92 Å².